The number of nitrogens with one attached hydrogen (secondary N) is 2. The van der Waals surface area contributed by atoms with E-state index in [4.69, 9.17) is 0 Å². The standard InChI is InChI=1S/C5H5N.C4H9N.C4H5N/c1-2-4-6-5-3-1;2*1-2-4-5-3-1/h1-5H;5H,1-4H2;1-5H. The molecule has 0 spiro atoms. The van der Waals surface area contributed by atoms with Gasteiger partial charge in [0.1, 0.15) is 0 Å². The van der Waals surface area contributed by atoms with E-state index >= 15 is 0 Å². The highest BCUT2D eigenvalue weighted by Crippen LogP contribution is 1.90. The van der Waals surface area contributed by atoms with Crippen LogP contribution in [0.5, 0.6) is 0 Å². The molecular formula is C13H19N3. The van der Waals surface area contributed by atoms with Crippen LogP contribution >= 0.6 is 0 Å². The van der Waals surface area contributed by atoms with E-state index in [0.29, 0.717) is 0 Å². The van der Waals surface area contributed by atoms with Crippen molar-refractivity contribution in [2.75, 3.05) is 13.1 Å². The first-order valence-corrected chi connectivity index (χ1v) is 5.63. The molecule has 1 aliphatic heterocycles. The molecule has 0 amide bonds. The molecule has 0 aliphatic carbocycles. The van der Waals surface area contributed by atoms with Crippen molar-refractivity contribution in [3.05, 3.63) is 55.1 Å². The molecular weight excluding hydrogens is 198 g/mol. The summed E-state index contributed by atoms with van der Waals surface area (Å²) in [6.45, 7) is 2.50. The minimum absolute atomic E-state index is 1.25. The van der Waals surface area contributed by atoms with Gasteiger partial charge in [0.25, 0.3) is 0 Å². The molecule has 16 heavy (non-hydrogen) atoms. The van der Waals surface area contributed by atoms with E-state index in [-0.39, 0.29) is 0 Å². The van der Waals surface area contributed by atoms with Crippen molar-refractivity contribution in [1.29, 1.82) is 0 Å². The molecule has 3 nitrogen and oxygen atoms in total. The largest absolute Gasteiger partial charge is 0.368 e. The quantitative estimate of drug-likeness (QED) is 0.711. The second-order valence-electron chi connectivity index (χ2n) is 3.37. The van der Waals surface area contributed by atoms with Gasteiger partial charge < -0.3 is 10.3 Å². The number of H-pyrrole nitrogens is 1. The van der Waals surface area contributed by atoms with Crippen LogP contribution in [0.2, 0.25) is 0 Å². The molecule has 0 bridgehead atoms. The Morgan fingerprint density at radius 2 is 1.38 bits per heavy atom. The summed E-state index contributed by atoms with van der Waals surface area (Å²) in [7, 11) is 0. The molecule has 2 N–H and O–H groups in total. The molecule has 1 saturated heterocycles. The van der Waals surface area contributed by atoms with E-state index in [0.717, 1.165) is 0 Å². The summed E-state index contributed by atoms with van der Waals surface area (Å²) in [6.07, 6.45) is 10.0. The van der Waals surface area contributed by atoms with Crippen molar-refractivity contribution in [3.8, 4) is 0 Å². The first kappa shape index (κ1) is 12.5. The van der Waals surface area contributed by atoms with Crippen LogP contribution in [0.15, 0.2) is 55.1 Å². The number of pyridine rings is 1. The number of hydrogen-bond donors (Lipinski definition) is 2. The summed E-state index contributed by atoms with van der Waals surface area (Å²) >= 11 is 0. The number of aromatic nitrogens is 2. The molecule has 0 saturated carbocycles. The molecule has 2 aromatic rings. The topological polar surface area (TPSA) is 40.7 Å². The number of hydrogen-bond acceptors (Lipinski definition) is 2. The van der Waals surface area contributed by atoms with E-state index in [1.165, 1.54) is 25.9 Å². The van der Waals surface area contributed by atoms with Crippen LogP contribution in [0.3, 0.4) is 0 Å². The highest BCUT2D eigenvalue weighted by molar-refractivity contribution is 4.88. The van der Waals surface area contributed by atoms with Gasteiger partial charge in [-0.2, -0.15) is 0 Å². The lowest BCUT2D eigenvalue weighted by atomic mass is 10.4. The van der Waals surface area contributed by atoms with Crippen molar-refractivity contribution in [2.24, 2.45) is 0 Å². The van der Waals surface area contributed by atoms with Crippen molar-refractivity contribution < 1.29 is 0 Å². The number of aromatic amines is 1. The fourth-order valence-electron chi connectivity index (χ4n) is 1.22. The number of nitrogens with zero attached hydrogens (tertiary/aromatic N) is 1. The SMILES string of the molecule is C1CCNC1.c1cc[nH]c1.c1ccncc1. The monoisotopic (exact) mass is 217 g/mol. The van der Waals surface area contributed by atoms with Gasteiger partial charge in [-0.1, -0.05) is 6.07 Å². The molecule has 0 atom stereocenters. The van der Waals surface area contributed by atoms with Crippen molar-refractivity contribution in [2.45, 2.75) is 12.8 Å². The average molecular weight is 217 g/mol. The Morgan fingerprint density at radius 3 is 1.56 bits per heavy atom. The summed E-state index contributed by atoms with van der Waals surface area (Å²) in [5, 5.41) is 3.22. The van der Waals surface area contributed by atoms with Gasteiger partial charge in [-0.05, 0) is 50.2 Å². The predicted octanol–water partition coefficient (Wildman–Crippen LogP) is 2.47. The van der Waals surface area contributed by atoms with Crippen LogP contribution in [0, 0.1) is 0 Å². The van der Waals surface area contributed by atoms with Crippen LogP contribution in [-0.2, 0) is 0 Å². The van der Waals surface area contributed by atoms with Gasteiger partial charge in [-0.3, -0.25) is 4.98 Å². The molecule has 2 aromatic heterocycles. The maximum Gasteiger partial charge on any atom is 0.0267 e. The van der Waals surface area contributed by atoms with Gasteiger partial charge in [0, 0.05) is 24.8 Å². The van der Waals surface area contributed by atoms with E-state index in [1.54, 1.807) is 12.4 Å². The van der Waals surface area contributed by atoms with E-state index in [2.05, 4.69) is 15.3 Å². The Balaban J connectivity index is 0.000000121. The second kappa shape index (κ2) is 9.93. The Morgan fingerprint density at radius 1 is 0.750 bits per heavy atom. The Kier molecular flexibility index (Phi) is 7.73. The Bertz CT molecular complexity index is 250. The fraction of sp³-hybridized carbons (Fsp3) is 0.308. The smallest absolute Gasteiger partial charge is 0.0267 e. The lowest BCUT2D eigenvalue weighted by Gasteiger charge is -1.76. The molecule has 86 valence electrons. The third kappa shape index (κ3) is 7.76. The predicted molar refractivity (Wildman–Crippen MR) is 67.1 cm³/mol. The van der Waals surface area contributed by atoms with Crippen LogP contribution in [0.25, 0.3) is 0 Å². The highest BCUT2D eigenvalue weighted by Gasteiger charge is 1.93. The highest BCUT2D eigenvalue weighted by atomic mass is 14.9. The summed E-state index contributed by atoms with van der Waals surface area (Å²) in [4.78, 5) is 6.65. The van der Waals surface area contributed by atoms with E-state index in [9.17, 15) is 0 Å². The van der Waals surface area contributed by atoms with Crippen LogP contribution in [0.4, 0.5) is 0 Å². The third-order valence-corrected chi connectivity index (χ3v) is 2.02. The minimum Gasteiger partial charge on any atom is -0.368 e. The summed E-state index contributed by atoms with van der Waals surface area (Å²) in [5.74, 6) is 0. The number of rotatable bonds is 0. The molecule has 1 fully saturated rings. The van der Waals surface area contributed by atoms with Crippen molar-refractivity contribution >= 4 is 0 Å². The Hall–Kier alpha value is -1.61. The molecule has 3 heteroatoms. The summed E-state index contributed by atoms with van der Waals surface area (Å²) in [6, 6.07) is 9.60. The molecule has 3 rings (SSSR count). The van der Waals surface area contributed by atoms with Crippen LogP contribution < -0.4 is 5.32 Å². The van der Waals surface area contributed by atoms with Gasteiger partial charge in [0.05, 0.1) is 0 Å². The van der Waals surface area contributed by atoms with E-state index in [1.807, 2.05) is 42.7 Å². The minimum atomic E-state index is 1.25. The molecule has 1 aliphatic rings. The summed E-state index contributed by atoms with van der Waals surface area (Å²) in [5.41, 5.74) is 0. The van der Waals surface area contributed by atoms with Gasteiger partial charge in [0.15, 0.2) is 0 Å². The second-order valence-corrected chi connectivity index (χ2v) is 3.37. The van der Waals surface area contributed by atoms with Crippen LogP contribution in [-0.4, -0.2) is 23.1 Å². The lowest BCUT2D eigenvalue weighted by molar-refractivity contribution is 0.857. The molecule has 0 unspecified atom stereocenters. The average Bonchev–Trinajstić information content (AvgIpc) is 3.10. The van der Waals surface area contributed by atoms with E-state index < -0.39 is 0 Å². The first-order valence-electron chi connectivity index (χ1n) is 5.63. The van der Waals surface area contributed by atoms with Gasteiger partial charge in [0.2, 0.25) is 0 Å². The van der Waals surface area contributed by atoms with Crippen LogP contribution in [0.1, 0.15) is 12.8 Å². The lowest BCUT2D eigenvalue weighted by Crippen LogP contribution is -2.03. The zero-order valence-electron chi connectivity index (χ0n) is 9.47. The maximum atomic E-state index is 3.78. The first-order chi connectivity index (χ1) is 8.00. The normalized spacial score (nSPS) is 13.0. The zero-order valence-corrected chi connectivity index (χ0v) is 9.47. The van der Waals surface area contributed by atoms with Gasteiger partial charge in [-0.15, -0.1) is 0 Å². The summed E-state index contributed by atoms with van der Waals surface area (Å²) < 4.78 is 0. The van der Waals surface area contributed by atoms with Crippen molar-refractivity contribution in [3.63, 3.8) is 0 Å². The molecule has 0 radical (unpaired) electrons. The third-order valence-electron chi connectivity index (χ3n) is 2.02. The van der Waals surface area contributed by atoms with Gasteiger partial charge in [-0.25, -0.2) is 0 Å². The molecule has 0 aromatic carbocycles. The molecule has 3 heterocycles. The maximum absolute atomic E-state index is 3.78. The zero-order chi connectivity index (χ0) is 11.3. The Labute approximate surface area is 96.9 Å². The van der Waals surface area contributed by atoms with Gasteiger partial charge >= 0.3 is 0 Å². The van der Waals surface area contributed by atoms with Crippen molar-refractivity contribution in [1.82, 2.24) is 15.3 Å². The fourth-order valence-corrected chi connectivity index (χ4v) is 1.22.